The van der Waals surface area contributed by atoms with Gasteiger partial charge in [0.2, 0.25) is 5.91 Å². The summed E-state index contributed by atoms with van der Waals surface area (Å²) in [4.78, 5) is 24.0. The number of urea groups is 1. The van der Waals surface area contributed by atoms with Crippen LogP contribution in [0.2, 0.25) is 0 Å². The summed E-state index contributed by atoms with van der Waals surface area (Å²) in [7, 11) is 0. The predicted molar refractivity (Wildman–Crippen MR) is 99.8 cm³/mol. The van der Waals surface area contributed by atoms with Crippen molar-refractivity contribution in [2.75, 3.05) is 17.2 Å². The van der Waals surface area contributed by atoms with E-state index in [0.29, 0.717) is 36.2 Å². The Morgan fingerprint density at radius 2 is 2.00 bits per heavy atom. The highest BCUT2D eigenvalue weighted by molar-refractivity contribution is 5.96. The van der Waals surface area contributed by atoms with Gasteiger partial charge in [-0.15, -0.1) is 0 Å². The molecule has 0 saturated heterocycles. The number of anilines is 2. The molecule has 0 spiro atoms. The normalized spacial score (nSPS) is 18.0. The van der Waals surface area contributed by atoms with Crippen LogP contribution in [0.3, 0.4) is 0 Å². The third kappa shape index (κ3) is 3.98. The van der Waals surface area contributed by atoms with E-state index in [0.717, 1.165) is 11.6 Å². The third-order valence-corrected chi connectivity index (χ3v) is 4.95. The first-order valence-corrected chi connectivity index (χ1v) is 9.14. The minimum atomic E-state index is -4.54. The number of carbonyl (C=O) groups is 2. The van der Waals surface area contributed by atoms with Gasteiger partial charge in [0.1, 0.15) is 5.75 Å². The zero-order valence-electron chi connectivity index (χ0n) is 15.2. The van der Waals surface area contributed by atoms with E-state index < -0.39 is 23.8 Å². The van der Waals surface area contributed by atoms with E-state index in [-0.39, 0.29) is 18.3 Å². The van der Waals surface area contributed by atoms with Gasteiger partial charge in [0.05, 0.1) is 18.2 Å². The van der Waals surface area contributed by atoms with Gasteiger partial charge in [-0.1, -0.05) is 18.2 Å². The van der Waals surface area contributed by atoms with Gasteiger partial charge in [0, 0.05) is 29.8 Å². The van der Waals surface area contributed by atoms with E-state index in [1.54, 1.807) is 12.1 Å². The van der Waals surface area contributed by atoms with Crippen LogP contribution in [0.4, 0.5) is 29.3 Å². The van der Waals surface area contributed by atoms with Crippen LogP contribution in [0.1, 0.15) is 35.6 Å². The first kappa shape index (κ1) is 19.1. The van der Waals surface area contributed by atoms with E-state index >= 15 is 0 Å². The molecule has 4 rings (SSSR count). The number of hydrogen-bond acceptors (Lipinski definition) is 3. The number of ether oxygens (including phenoxy) is 1. The number of benzene rings is 2. The van der Waals surface area contributed by atoms with Gasteiger partial charge in [-0.3, -0.25) is 4.79 Å². The highest BCUT2D eigenvalue weighted by Crippen LogP contribution is 2.42. The molecule has 2 aliphatic heterocycles. The van der Waals surface area contributed by atoms with Crippen molar-refractivity contribution < 1.29 is 27.5 Å². The van der Waals surface area contributed by atoms with E-state index in [1.807, 2.05) is 6.07 Å². The minimum Gasteiger partial charge on any atom is -0.492 e. The van der Waals surface area contributed by atoms with Crippen molar-refractivity contribution in [1.82, 2.24) is 5.32 Å². The molecule has 0 fully saturated rings. The molecule has 2 aromatic carbocycles. The number of nitrogens with one attached hydrogen (secondary N) is 3. The standard InChI is InChI=1S/C20H18F3N3O3/c21-20(22,23)14-3-1-2-13-15(8-9-29-18(13)14)26-19(28)24-12-6-4-11-5-7-17(27)25-16(11)10-12/h1-4,6,10,15H,5,7-9H2,(H,25,27)(H2,24,26,28)/t15-/m1/s1. The fourth-order valence-corrected chi connectivity index (χ4v) is 3.57. The Balaban J connectivity index is 1.49. The molecule has 0 bridgehead atoms. The van der Waals surface area contributed by atoms with Crippen LogP contribution in [0.25, 0.3) is 0 Å². The zero-order chi connectivity index (χ0) is 20.6. The van der Waals surface area contributed by atoms with Crippen molar-refractivity contribution in [1.29, 1.82) is 0 Å². The van der Waals surface area contributed by atoms with Crippen molar-refractivity contribution in [3.05, 3.63) is 53.1 Å². The lowest BCUT2D eigenvalue weighted by atomic mass is 9.97. The smallest absolute Gasteiger partial charge is 0.419 e. The summed E-state index contributed by atoms with van der Waals surface area (Å²) >= 11 is 0. The summed E-state index contributed by atoms with van der Waals surface area (Å²) in [6, 6.07) is 7.81. The fraction of sp³-hybridized carbons (Fsp3) is 0.300. The van der Waals surface area contributed by atoms with E-state index in [4.69, 9.17) is 4.74 Å². The Morgan fingerprint density at radius 3 is 2.79 bits per heavy atom. The summed E-state index contributed by atoms with van der Waals surface area (Å²) < 4.78 is 44.9. The molecule has 0 radical (unpaired) electrons. The molecule has 0 unspecified atom stereocenters. The van der Waals surface area contributed by atoms with Crippen molar-refractivity contribution in [2.24, 2.45) is 0 Å². The number of para-hydroxylation sites is 1. The summed E-state index contributed by atoms with van der Waals surface area (Å²) in [5, 5.41) is 8.13. The first-order chi connectivity index (χ1) is 13.8. The van der Waals surface area contributed by atoms with Gasteiger partial charge in [0.25, 0.3) is 0 Å². The molecule has 9 heteroatoms. The molecular weight excluding hydrogens is 387 g/mol. The highest BCUT2D eigenvalue weighted by Gasteiger charge is 2.37. The second kappa shape index (κ2) is 7.31. The molecule has 6 nitrogen and oxygen atoms in total. The predicted octanol–water partition coefficient (Wildman–Crippen LogP) is 4.24. The van der Waals surface area contributed by atoms with Crippen LogP contribution in [-0.2, 0) is 17.4 Å². The lowest BCUT2D eigenvalue weighted by molar-refractivity contribution is -0.139. The van der Waals surface area contributed by atoms with Crippen molar-refractivity contribution >= 4 is 23.3 Å². The number of carbonyl (C=O) groups excluding carboxylic acids is 2. The van der Waals surface area contributed by atoms with Gasteiger partial charge in [-0.25, -0.2) is 4.79 Å². The Kier molecular flexibility index (Phi) is 4.81. The van der Waals surface area contributed by atoms with Crippen molar-refractivity contribution in [2.45, 2.75) is 31.5 Å². The minimum absolute atomic E-state index is 0.0654. The molecule has 2 aliphatic rings. The summed E-state index contributed by atoms with van der Waals surface area (Å²) in [6.45, 7) is 0.0654. The maximum Gasteiger partial charge on any atom is 0.419 e. The molecule has 1 atom stereocenters. The average Bonchev–Trinajstić information content (AvgIpc) is 2.66. The molecule has 0 aliphatic carbocycles. The van der Waals surface area contributed by atoms with E-state index in [9.17, 15) is 22.8 Å². The summed E-state index contributed by atoms with van der Waals surface area (Å²) in [5.74, 6) is -0.327. The molecular formula is C20H18F3N3O3. The van der Waals surface area contributed by atoms with Gasteiger partial charge >= 0.3 is 12.2 Å². The molecule has 2 heterocycles. The number of halogens is 3. The van der Waals surface area contributed by atoms with Gasteiger partial charge in [-0.2, -0.15) is 13.2 Å². The monoisotopic (exact) mass is 405 g/mol. The maximum absolute atomic E-state index is 13.2. The number of alkyl halides is 3. The molecule has 0 aromatic heterocycles. The Hall–Kier alpha value is -3.23. The lowest BCUT2D eigenvalue weighted by Gasteiger charge is -2.28. The Labute approximate surface area is 164 Å². The zero-order valence-corrected chi connectivity index (χ0v) is 15.2. The second-order valence-corrected chi connectivity index (χ2v) is 6.93. The van der Waals surface area contributed by atoms with Crippen LogP contribution < -0.4 is 20.7 Å². The number of hydrogen-bond donors (Lipinski definition) is 3. The molecule has 3 amide bonds. The van der Waals surface area contributed by atoms with Crippen molar-refractivity contribution in [3.63, 3.8) is 0 Å². The highest BCUT2D eigenvalue weighted by atomic mass is 19.4. The third-order valence-electron chi connectivity index (χ3n) is 4.95. The molecule has 0 saturated carbocycles. The topological polar surface area (TPSA) is 79.5 Å². The lowest BCUT2D eigenvalue weighted by Crippen LogP contribution is -2.35. The molecule has 152 valence electrons. The molecule has 29 heavy (non-hydrogen) atoms. The SMILES string of the molecule is O=C1CCc2ccc(NC(=O)N[C@@H]3CCOc4c3cccc4C(F)(F)F)cc2N1. The average molecular weight is 405 g/mol. The number of aryl methyl sites for hydroxylation is 1. The molecule has 2 aromatic rings. The van der Waals surface area contributed by atoms with E-state index in [1.165, 1.54) is 12.1 Å². The first-order valence-electron chi connectivity index (χ1n) is 9.14. The fourth-order valence-electron chi connectivity index (χ4n) is 3.57. The van der Waals surface area contributed by atoms with Gasteiger partial charge < -0.3 is 20.7 Å². The Bertz CT molecular complexity index is 975. The number of amides is 3. The maximum atomic E-state index is 13.2. The van der Waals surface area contributed by atoms with Gasteiger partial charge in [0.15, 0.2) is 0 Å². The van der Waals surface area contributed by atoms with Crippen LogP contribution in [0.15, 0.2) is 36.4 Å². The largest absolute Gasteiger partial charge is 0.492 e. The second-order valence-electron chi connectivity index (χ2n) is 6.93. The summed E-state index contributed by atoms with van der Waals surface area (Å²) in [6.07, 6.45) is -3.14. The van der Waals surface area contributed by atoms with E-state index in [2.05, 4.69) is 16.0 Å². The Morgan fingerprint density at radius 1 is 1.17 bits per heavy atom. The van der Waals surface area contributed by atoms with Crippen LogP contribution in [0.5, 0.6) is 5.75 Å². The van der Waals surface area contributed by atoms with Crippen LogP contribution in [0, 0.1) is 0 Å². The van der Waals surface area contributed by atoms with Crippen LogP contribution >= 0.6 is 0 Å². The van der Waals surface area contributed by atoms with Crippen LogP contribution in [-0.4, -0.2) is 18.5 Å². The van der Waals surface area contributed by atoms with Crippen molar-refractivity contribution in [3.8, 4) is 5.75 Å². The van der Waals surface area contributed by atoms with Gasteiger partial charge in [-0.05, 0) is 30.2 Å². The molecule has 3 N–H and O–H groups in total. The quantitative estimate of drug-likeness (QED) is 0.700. The number of fused-ring (bicyclic) bond motifs is 2. The number of rotatable bonds is 2. The summed E-state index contributed by atoms with van der Waals surface area (Å²) in [5.41, 5.74) is 1.53.